The van der Waals surface area contributed by atoms with Gasteiger partial charge < -0.3 is 5.32 Å². The Hall–Kier alpha value is -1.12. The molecule has 1 atom stereocenters. The second-order valence-electron chi connectivity index (χ2n) is 10.5. The van der Waals surface area contributed by atoms with Crippen molar-refractivity contribution in [3.05, 3.63) is 11.3 Å². The molecular weight excluding hydrogens is 346 g/mol. The predicted octanol–water partition coefficient (Wildman–Crippen LogP) is 6.75. The lowest BCUT2D eigenvalue weighted by Crippen LogP contribution is -2.44. The monoisotopic (exact) mass is 391 g/mol. The Kier molecular flexibility index (Phi) is 8.96. The average molecular weight is 392 g/mol. The number of ketones is 2. The third kappa shape index (κ3) is 6.74. The first-order valence-electron chi connectivity index (χ1n) is 11.5. The van der Waals surface area contributed by atoms with Gasteiger partial charge in [-0.2, -0.15) is 0 Å². The van der Waals surface area contributed by atoms with Gasteiger partial charge in [-0.15, -0.1) is 0 Å². The van der Waals surface area contributed by atoms with Gasteiger partial charge in [-0.3, -0.25) is 9.59 Å². The van der Waals surface area contributed by atoms with Crippen molar-refractivity contribution in [1.29, 1.82) is 0 Å². The first-order chi connectivity index (χ1) is 12.9. The summed E-state index contributed by atoms with van der Waals surface area (Å²) < 4.78 is 0. The average Bonchev–Trinajstić information content (AvgIpc) is 2.53. The molecule has 1 aliphatic carbocycles. The van der Waals surface area contributed by atoms with Crippen LogP contribution in [-0.4, -0.2) is 17.1 Å². The second-order valence-corrected chi connectivity index (χ2v) is 10.5. The highest BCUT2D eigenvalue weighted by Crippen LogP contribution is 2.40. The zero-order valence-corrected chi connectivity index (χ0v) is 19.9. The topological polar surface area (TPSA) is 46.2 Å². The van der Waals surface area contributed by atoms with Crippen LogP contribution in [0, 0.1) is 10.8 Å². The van der Waals surface area contributed by atoms with E-state index in [2.05, 4.69) is 46.9 Å². The van der Waals surface area contributed by atoms with Crippen molar-refractivity contribution in [1.82, 2.24) is 5.32 Å². The summed E-state index contributed by atoms with van der Waals surface area (Å²) >= 11 is 0. The minimum absolute atomic E-state index is 0.0362. The summed E-state index contributed by atoms with van der Waals surface area (Å²) in [6, 6.07) is 0. The molecule has 0 aromatic rings. The molecule has 0 radical (unpaired) electrons. The van der Waals surface area contributed by atoms with E-state index in [4.69, 9.17) is 0 Å². The molecule has 162 valence electrons. The molecule has 1 aliphatic rings. The molecule has 1 saturated carbocycles. The molecule has 3 heteroatoms. The molecule has 0 aromatic heterocycles. The molecule has 0 aromatic carbocycles. The number of carbonyl (C=O) groups excluding carboxylic acids is 2. The van der Waals surface area contributed by atoms with Crippen molar-refractivity contribution in [2.75, 3.05) is 0 Å². The van der Waals surface area contributed by atoms with Crippen LogP contribution in [0.25, 0.3) is 0 Å². The summed E-state index contributed by atoms with van der Waals surface area (Å²) in [6.07, 6.45) is 9.28. The van der Waals surface area contributed by atoms with Gasteiger partial charge in [-0.1, -0.05) is 67.7 Å². The molecule has 28 heavy (non-hydrogen) atoms. The fourth-order valence-corrected chi connectivity index (χ4v) is 4.98. The number of hydrogen-bond acceptors (Lipinski definition) is 3. The Bertz CT molecular complexity index is 559. The third-order valence-corrected chi connectivity index (χ3v) is 6.48. The number of carbonyl (C=O) groups is 2. The molecule has 0 bridgehead atoms. The highest BCUT2D eigenvalue weighted by molar-refractivity contribution is 6.22. The van der Waals surface area contributed by atoms with Gasteiger partial charge in [-0.05, 0) is 49.9 Å². The zero-order chi connectivity index (χ0) is 21.6. The predicted molar refractivity (Wildman–Crippen MR) is 119 cm³/mol. The van der Waals surface area contributed by atoms with Gasteiger partial charge in [0.1, 0.15) is 0 Å². The minimum atomic E-state index is -0.226. The van der Waals surface area contributed by atoms with Crippen molar-refractivity contribution >= 4 is 11.6 Å². The number of rotatable bonds is 11. The molecule has 1 unspecified atom stereocenters. The molecule has 1 rings (SSSR count). The molecule has 0 saturated heterocycles. The summed E-state index contributed by atoms with van der Waals surface area (Å²) in [5.41, 5.74) is 1.22. The van der Waals surface area contributed by atoms with Crippen LogP contribution in [0.15, 0.2) is 11.3 Å². The van der Waals surface area contributed by atoms with Crippen LogP contribution in [0.2, 0.25) is 0 Å². The largest absolute Gasteiger partial charge is 0.382 e. The summed E-state index contributed by atoms with van der Waals surface area (Å²) in [6.45, 7) is 17.4. The van der Waals surface area contributed by atoms with E-state index < -0.39 is 0 Å². The van der Waals surface area contributed by atoms with E-state index in [1.165, 1.54) is 0 Å². The fourth-order valence-electron chi connectivity index (χ4n) is 4.98. The van der Waals surface area contributed by atoms with Crippen molar-refractivity contribution in [3.8, 4) is 0 Å². The van der Waals surface area contributed by atoms with E-state index in [1.807, 2.05) is 13.8 Å². The molecule has 1 N–H and O–H groups in total. The van der Waals surface area contributed by atoms with Crippen LogP contribution in [0.1, 0.15) is 120 Å². The molecular formula is C25H45NO2. The Labute approximate surface area is 174 Å². The molecule has 0 amide bonds. The van der Waals surface area contributed by atoms with Crippen LogP contribution < -0.4 is 5.32 Å². The highest BCUT2D eigenvalue weighted by atomic mass is 16.2. The molecule has 3 nitrogen and oxygen atoms in total. The van der Waals surface area contributed by atoms with Crippen LogP contribution in [0.4, 0.5) is 0 Å². The van der Waals surface area contributed by atoms with Crippen molar-refractivity contribution in [2.45, 2.75) is 125 Å². The quantitative estimate of drug-likeness (QED) is 0.313. The number of hydrogen-bond donors (Lipinski definition) is 1. The summed E-state index contributed by atoms with van der Waals surface area (Å²) in [4.78, 5) is 26.2. The maximum Gasteiger partial charge on any atom is 0.168 e. The third-order valence-electron chi connectivity index (χ3n) is 6.48. The van der Waals surface area contributed by atoms with E-state index in [1.54, 1.807) is 0 Å². The maximum atomic E-state index is 13.1. The fraction of sp³-hybridized carbons (Fsp3) is 0.840. The van der Waals surface area contributed by atoms with Crippen molar-refractivity contribution in [3.63, 3.8) is 0 Å². The van der Waals surface area contributed by atoms with Gasteiger partial charge >= 0.3 is 0 Å². The van der Waals surface area contributed by atoms with E-state index >= 15 is 0 Å². The van der Waals surface area contributed by atoms with Crippen LogP contribution in [0.5, 0.6) is 0 Å². The molecule has 0 aliphatic heterocycles. The van der Waals surface area contributed by atoms with E-state index in [0.717, 1.165) is 57.1 Å². The number of Topliss-reactive ketones (excluding diaryl/α,β-unsaturated/α-hetero) is 2. The standard InChI is InChI=1S/C25H45NO2/c1-9-13-24(7,14-10-2)16-19(26-25(8,12-4)15-11-3)22-20(27)17-23(5,6)18-21(22)28/h26H,9-18H2,1-8H3. The van der Waals surface area contributed by atoms with E-state index in [9.17, 15) is 9.59 Å². The Morgan fingerprint density at radius 2 is 1.36 bits per heavy atom. The number of nitrogens with one attached hydrogen (secondary N) is 1. The SMILES string of the molecule is CCCC(C)(CCC)CC(NC(C)(CC)CCC)=C1C(=O)CC(C)(C)CC1=O. The Morgan fingerprint density at radius 1 is 0.893 bits per heavy atom. The van der Waals surface area contributed by atoms with Crippen LogP contribution in [0.3, 0.4) is 0 Å². The first-order valence-corrected chi connectivity index (χ1v) is 11.5. The van der Waals surface area contributed by atoms with Crippen molar-refractivity contribution < 1.29 is 9.59 Å². The van der Waals surface area contributed by atoms with Crippen LogP contribution in [-0.2, 0) is 9.59 Å². The first kappa shape index (κ1) is 24.9. The van der Waals surface area contributed by atoms with Gasteiger partial charge in [0.25, 0.3) is 0 Å². The Balaban J connectivity index is 3.42. The Morgan fingerprint density at radius 3 is 1.75 bits per heavy atom. The lowest BCUT2D eigenvalue weighted by atomic mass is 9.71. The number of allylic oxidation sites excluding steroid dienone is 2. The smallest absolute Gasteiger partial charge is 0.168 e. The summed E-state index contributed by atoms with van der Waals surface area (Å²) in [5.74, 6) is 0.0723. The highest BCUT2D eigenvalue weighted by Gasteiger charge is 2.39. The minimum Gasteiger partial charge on any atom is -0.382 e. The van der Waals surface area contributed by atoms with Gasteiger partial charge in [0, 0.05) is 24.1 Å². The van der Waals surface area contributed by atoms with Crippen LogP contribution >= 0.6 is 0 Å². The molecule has 1 fully saturated rings. The second kappa shape index (κ2) is 10.1. The lowest BCUT2D eigenvalue weighted by Gasteiger charge is -2.39. The summed E-state index contributed by atoms with van der Waals surface area (Å²) in [5, 5.41) is 3.75. The van der Waals surface area contributed by atoms with E-state index in [-0.39, 0.29) is 27.9 Å². The van der Waals surface area contributed by atoms with Gasteiger partial charge in [-0.25, -0.2) is 0 Å². The van der Waals surface area contributed by atoms with Gasteiger partial charge in [0.05, 0.1) is 5.57 Å². The molecule has 0 heterocycles. The lowest BCUT2D eigenvalue weighted by molar-refractivity contribution is -0.127. The molecule has 0 spiro atoms. The zero-order valence-electron chi connectivity index (χ0n) is 19.9. The summed E-state index contributed by atoms with van der Waals surface area (Å²) in [7, 11) is 0. The van der Waals surface area contributed by atoms with Gasteiger partial charge in [0.15, 0.2) is 11.6 Å². The maximum absolute atomic E-state index is 13.1. The normalized spacial score (nSPS) is 19.5. The van der Waals surface area contributed by atoms with Gasteiger partial charge in [0.2, 0.25) is 0 Å². The van der Waals surface area contributed by atoms with E-state index in [0.29, 0.717) is 18.4 Å². The van der Waals surface area contributed by atoms with Crippen molar-refractivity contribution in [2.24, 2.45) is 10.8 Å².